The third-order valence-electron chi connectivity index (χ3n) is 6.35. The van der Waals surface area contributed by atoms with Gasteiger partial charge >= 0.3 is 0 Å². The smallest absolute Gasteiger partial charge is 0.225 e. The highest BCUT2D eigenvalue weighted by Gasteiger charge is 2.37. The minimum Gasteiger partial charge on any atom is -0.353 e. The number of benzene rings is 1. The zero-order chi connectivity index (χ0) is 19.4. The standard InChI is InChI=1S/C23H34N2O2/c1-4-17(3)24-22(26)21-13-20(19-11-7-8-16(2)12-19)14-25(15-21)23(27)18-9-5-6-10-18/h7-8,11-12,17-18,20-21H,4-6,9-10,13-15H2,1-3H3,(H,24,26). The van der Waals surface area contributed by atoms with Gasteiger partial charge < -0.3 is 10.2 Å². The minimum absolute atomic E-state index is 0.103. The van der Waals surface area contributed by atoms with Crippen LogP contribution in [-0.2, 0) is 9.59 Å². The Balaban J connectivity index is 1.79. The summed E-state index contributed by atoms with van der Waals surface area (Å²) in [4.78, 5) is 27.9. The minimum atomic E-state index is -0.122. The van der Waals surface area contributed by atoms with Crippen LogP contribution in [0.25, 0.3) is 0 Å². The molecule has 148 valence electrons. The number of piperidine rings is 1. The lowest BCUT2D eigenvalue weighted by molar-refractivity contribution is -0.139. The molecule has 0 aromatic heterocycles. The van der Waals surface area contributed by atoms with Crippen molar-refractivity contribution >= 4 is 11.8 Å². The number of carbonyl (C=O) groups excluding carboxylic acids is 2. The SMILES string of the molecule is CCC(C)NC(=O)C1CC(c2cccc(C)c2)CN(C(=O)C2CCCC2)C1. The van der Waals surface area contributed by atoms with Crippen LogP contribution in [0.5, 0.6) is 0 Å². The molecule has 3 atom stereocenters. The molecule has 2 amide bonds. The van der Waals surface area contributed by atoms with Gasteiger partial charge in [0.1, 0.15) is 0 Å². The van der Waals surface area contributed by atoms with E-state index in [0.717, 1.165) is 45.1 Å². The number of amides is 2. The lowest BCUT2D eigenvalue weighted by Gasteiger charge is -2.39. The molecule has 1 heterocycles. The number of aryl methyl sites for hydroxylation is 1. The van der Waals surface area contributed by atoms with E-state index < -0.39 is 0 Å². The Morgan fingerprint density at radius 2 is 1.93 bits per heavy atom. The van der Waals surface area contributed by atoms with Crippen LogP contribution in [-0.4, -0.2) is 35.8 Å². The van der Waals surface area contributed by atoms with Gasteiger partial charge in [-0.2, -0.15) is 0 Å². The maximum absolute atomic E-state index is 13.1. The van der Waals surface area contributed by atoms with Crippen molar-refractivity contribution in [1.82, 2.24) is 10.2 Å². The summed E-state index contributed by atoms with van der Waals surface area (Å²) in [5.74, 6) is 0.650. The number of rotatable bonds is 5. The van der Waals surface area contributed by atoms with Crippen molar-refractivity contribution in [3.05, 3.63) is 35.4 Å². The molecule has 1 aromatic carbocycles. The molecular formula is C23H34N2O2. The van der Waals surface area contributed by atoms with E-state index >= 15 is 0 Å². The first-order chi connectivity index (χ1) is 13.0. The highest BCUT2D eigenvalue weighted by Crippen LogP contribution is 2.34. The van der Waals surface area contributed by atoms with Gasteiger partial charge in [0.15, 0.2) is 0 Å². The lowest BCUT2D eigenvalue weighted by atomic mass is 9.83. The summed E-state index contributed by atoms with van der Waals surface area (Å²) in [6.45, 7) is 7.53. The first kappa shape index (κ1) is 19.9. The third-order valence-corrected chi connectivity index (χ3v) is 6.35. The second-order valence-corrected chi connectivity index (χ2v) is 8.59. The van der Waals surface area contributed by atoms with E-state index in [4.69, 9.17) is 0 Å². The van der Waals surface area contributed by atoms with Crippen molar-refractivity contribution in [2.24, 2.45) is 11.8 Å². The molecule has 27 heavy (non-hydrogen) atoms. The van der Waals surface area contributed by atoms with Gasteiger partial charge in [-0.05, 0) is 45.1 Å². The third kappa shape index (κ3) is 4.91. The van der Waals surface area contributed by atoms with Gasteiger partial charge in [0, 0.05) is 31.0 Å². The van der Waals surface area contributed by atoms with Crippen LogP contribution in [0, 0.1) is 18.8 Å². The predicted molar refractivity (Wildman–Crippen MR) is 108 cm³/mol. The summed E-state index contributed by atoms with van der Waals surface area (Å²) in [5, 5.41) is 3.13. The highest BCUT2D eigenvalue weighted by atomic mass is 16.2. The van der Waals surface area contributed by atoms with E-state index in [1.165, 1.54) is 11.1 Å². The molecule has 0 radical (unpaired) electrons. The fraction of sp³-hybridized carbons (Fsp3) is 0.652. The van der Waals surface area contributed by atoms with E-state index in [1.54, 1.807) is 0 Å². The van der Waals surface area contributed by atoms with Gasteiger partial charge in [0.25, 0.3) is 0 Å². The number of hydrogen-bond donors (Lipinski definition) is 1. The molecule has 3 rings (SSSR count). The first-order valence-corrected chi connectivity index (χ1v) is 10.6. The Kier molecular flexibility index (Phi) is 6.56. The molecular weight excluding hydrogens is 336 g/mol. The van der Waals surface area contributed by atoms with Gasteiger partial charge in [-0.3, -0.25) is 9.59 Å². The molecule has 1 saturated carbocycles. The Labute approximate surface area is 163 Å². The average Bonchev–Trinajstić information content (AvgIpc) is 3.21. The highest BCUT2D eigenvalue weighted by molar-refractivity contribution is 5.83. The van der Waals surface area contributed by atoms with Crippen molar-refractivity contribution in [3.8, 4) is 0 Å². The van der Waals surface area contributed by atoms with Crippen LogP contribution in [0.1, 0.15) is 69.4 Å². The summed E-state index contributed by atoms with van der Waals surface area (Å²) in [6.07, 6.45) is 6.07. The quantitative estimate of drug-likeness (QED) is 0.851. The van der Waals surface area contributed by atoms with Crippen molar-refractivity contribution in [2.45, 2.75) is 71.3 Å². The molecule has 1 aromatic rings. The number of nitrogens with one attached hydrogen (secondary N) is 1. The molecule has 2 fully saturated rings. The van der Waals surface area contributed by atoms with Crippen LogP contribution >= 0.6 is 0 Å². The Morgan fingerprint density at radius 3 is 2.59 bits per heavy atom. The Hall–Kier alpha value is -1.84. The van der Waals surface area contributed by atoms with Crippen LogP contribution < -0.4 is 5.32 Å². The molecule has 1 saturated heterocycles. The summed E-state index contributed by atoms with van der Waals surface area (Å²) in [7, 11) is 0. The molecule has 3 unspecified atom stereocenters. The molecule has 2 aliphatic rings. The monoisotopic (exact) mass is 370 g/mol. The van der Waals surface area contributed by atoms with Crippen LogP contribution in [0.3, 0.4) is 0 Å². The maximum Gasteiger partial charge on any atom is 0.225 e. The molecule has 1 aliphatic heterocycles. The second kappa shape index (κ2) is 8.90. The van der Waals surface area contributed by atoms with E-state index in [0.29, 0.717) is 6.54 Å². The maximum atomic E-state index is 13.1. The number of nitrogens with zero attached hydrogens (tertiary/aromatic N) is 1. The Bertz CT molecular complexity index is 666. The van der Waals surface area contributed by atoms with Gasteiger partial charge in [0.05, 0.1) is 5.92 Å². The number of hydrogen-bond acceptors (Lipinski definition) is 2. The van der Waals surface area contributed by atoms with E-state index in [2.05, 4.69) is 43.4 Å². The van der Waals surface area contributed by atoms with Crippen molar-refractivity contribution in [3.63, 3.8) is 0 Å². The zero-order valence-corrected chi connectivity index (χ0v) is 17.0. The summed E-state index contributed by atoms with van der Waals surface area (Å²) < 4.78 is 0. The fourth-order valence-corrected chi connectivity index (χ4v) is 4.53. The Morgan fingerprint density at radius 1 is 1.19 bits per heavy atom. The molecule has 4 nitrogen and oxygen atoms in total. The van der Waals surface area contributed by atoms with Crippen molar-refractivity contribution in [2.75, 3.05) is 13.1 Å². The van der Waals surface area contributed by atoms with Crippen LogP contribution in [0.4, 0.5) is 0 Å². The van der Waals surface area contributed by atoms with Crippen LogP contribution in [0.2, 0.25) is 0 Å². The molecule has 4 heteroatoms. The molecule has 1 aliphatic carbocycles. The normalized spacial score (nSPS) is 24.6. The van der Waals surface area contributed by atoms with E-state index in [9.17, 15) is 9.59 Å². The summed E-state index contributed by atoms with van der Waals surface area (Å²) in [6, 6.07) is 8.70. The van der Waals surface area contributed by atoms with Crippen LogP contribution in [0.15, 0.2) is 24.3 Å². The van der Waals surface area contributed by atoms with Gasteiger partial charge in [0.2, 0.25) is 11.8 Å². The van der Waals surface area contributed by atoms with Gasteiger partial charge in [-0.1, -0.05) is 49.6 Å². The zero-order valence-electron chi connectivity index (χ0n) is 17.0. The molecule has 0 spiro atoms. The van der Waals surface area contributed by atoms with E-state index in [1.807, 2.05) is 11.8 Å². The first-order valence-electron chi connectivity index (χ1n) is 10.6. The fourth-order valence-electron chi connectivity index (χ4n) is 4.53. The topological polar surface area (TPSA) is 49.4 Å². The van der Waals surface area contributed by atoms with E-state index in [-0.39, 0.29) is 35.6 Å². The molecule has 0 bridgehead atoms. The largest absolute Gasteiger partial charge is 0.353 e. The van der Waals surface area contributed by atoms with Gasteiger partial charge in [-0.15, -0.1) is 0 Å². The predicted octanol–water partition coefficient (Wildman–Crippen LogP) is 4.03. The molecule has 1 N–H and O–H groups in total. The van der Waals surface area contributed by atoms with Crippen molar-refractivity contribution < 1.29 is 9.59 Å². The van der Waals surface area contributed by atoms with Gasteiger partial charge in [-0.25, -0.2) is 0 Å². The second-order valence-electron chi connectivity index (χ2n) is 8.59. The van der Waals surface area contributed by atoms with Crippen molar-refractivity contribution in [1.29, 1.82) is 0 Å². The number of carbonyl (C=O) groups is 2. The lowest BCUT2D eigenvalue weighted by Crippen LogP contribution is -2.50. The average molecular weight is 371 g/mol. The summed E-state index contributed by atoms with van der Waals surface area (Å²) in [5.41, 5.74) is 2.48. The summed E-state index contributed by atoms with van der Waals surface area (Å²) >= 11 is 0. The number of likely N-dealkylation sites (tertiary alicyclic amines) is 1.